The Hall–Kier alpha value is -2.36. The molecule has 0 aliphatic carbocycles. The van der Waals surface area contributed by atoms with E-state index in [0.29, 0.717) is 11.5 Å². The number of rotatable bonds is 1. The van der Waals surface area contributed by atoms with Gasteiger partial charge in [-0.05, 0) is 31.2 Å². The minimum atomic E-state index is -0.272. The molecule has 0 saturated carbocycles. The molecule has 3 aromatic rings. The summed E-state index contributed by atoms with van der Waals surface area (Å²) < 4.78 is 15.2. The van der Waals surface area contributed by atoms with Crippen molar-refractivity contribution < 1.29 is 4.39 Å². The van der Waals surface area contributed by atoms with E-state index in [1.54, 1.807) is 12.3 Å². The smallest absolute Gasteiger partial charge is 0.144 e. The van der Waals surface area contributed by atoms with Gasteiger partial charge in [0, 0.05) is 17.4 Å². The molecule has 3 nitrogen and oxygen atoms in total. The van der Waals surface area contributed by atoms with E-state index < -0.39 is 0 Å². The highest BCUT2D eigenvalue weighted by atomic mass is 19.1. The van der Waals surface area contributed by atoms with Crippen molar-refractivity contribution in [3.8, 4) is 11.4 Å². The van der Waals surface area contributed by atoms with Crippen molar-refractivity contribution in [2.45, 2.75) is 6.92 Å². The third-order valence-electron chi connectivity index (χ3n) is 2.93. The average molecular weight is 241 g/mol. The predicted octanol–water partition coefficient (Wildman–Crippen LogP) is 3.03. The lowest BCUT2D eigenvalue weighted by Crippen LogP contribution is -1.93. The number of aromatic nitrogens is 2. The van der Waals surface area contributed by atoms with E-state index in [2.05, 4.69) is 4.98 Å². The molecular formula is C14H12FN3. The Bertz CT molecular complexity index is 731. The van der Waals surface area contributed by atoms with Gasteiger partial charge in [-0.1, -0.05) is 12.1 Å². The molecule has 18 heavy (non-hydrogen) atoms. The molecule has 2 heterocycles. The zero-order valence-electron chi connectivity index (χ0n) is 9.89. The molecule has 1 aromatic carbocycles. The van der Waals surface area contributed by atoms with Crippen LogP contribution >= 0.6 is 0 Å². The quantitative estimate of drug-likeness (QED) is 0.711. The number of benzene rings is 1. The van der Waals surface area contributed by atoms with Crippen LogP contribution in [0, 0.1) is 12.7 Å². The van der Waals surface area contributed by atoms with E-state index in [0.717, 1.165) is 16.8 Å². The van der Waals surface area contributed by atoms with Crippen molar-refractivity contribution in [2.24, 2.45) is 0 Å². The van der Waals surface area contributed by atoms with Crippen LogP contribution in [-0.2, 0) is 0 Å². The number of nitrogens with zero attached hydrogens (tertiary/aromatic N) is 2. The van der Waals surface area contributed by atoms with E-state index >= 15 is 0 Å². The van der Waals surface area contributed by atoms with E-state index in [1.807, 2.05) is 29.5 Å². The SMILES string of the molecule is Cc1nc(-c2cccc(F)c2)n2cc(N)ccc12. The Morgan fingerprint density at radius 1 is 1.22 bits per heavy atom. The monoisotopic (exact) mass is 241 g/mol. The number of halogens is 1. The normalized spacial score (nSPS) is 11.0. The van der Waals surface area contributed by atoms with Gasteiger partial charge in [-0.15, -0.1) is 0 Å². The van der Waals surface area contributed by atoms with E-state index in [1.165, 1.54) is 12.1 Å². The van der Waals surface area contributed by atoms with Gasteiger partial charge in [0.25, 0.3) is 0 Å². The molecule has 0 spiro atoms. The lowest BCUT2D eigenvalue weighted by molar-refractivity contribution is 0.628. The Kier molecular flexibility index (Phi) is 2.30. The first kappa shape index (κ1) is 10.8. The Labute approximate surface area is 104 Å². The van der Waals surface area contributed by atoms with Gasteiger partial charge < -0.3 is 5.73 Å². The Morgan fingerprint density at radius 2 is 2.06 bits per heavy atom. The first-order valence-electron chi connectivity index (χ1n) is 5.65. The summed E-state index contributed by atoms with van der Waals surface area (Å²) in [5, 5.41) is 0. The molecule has 0 fully saturated rings. The standard InChI is InChI=1S/C14H12FN3/c1-9-13-6-5-12(16)8-18(13)14(17-9)10-3-2-4-11(15)7-10/h2-8H,16H2,1H3. The summed E-state index contributed by atoms with van der Waals surface area (Å²) in [5.41, 5.74) is 9.05. The van der Waals surface area contributed by atoms with Gasteiger partial charge in [0.2, 0.25) is 0 Å². The van der Waals surface area contributed by atoms with Gasteiger partial charge in [-0.2, -0.15) is 0 Å². The summed E-state index contributed by atoms with van der Waals surface area (Å²) in [6.07, 6.45) is 1.80. The molecule has 4 heteroatoms. The number of hydrogen-bond donors (Lipinski definition) is 1. The summed E-state index contributed by atoms with van der Waals surface area (Å²) in [4.78, 5) is 4.48. The molecule has 2 N–H and O–H groups in total. The van der Waals surface area contributed by atoms with Crippen molar-refractivity contribution >= 4 is 11.2 Å². The topological polar surface area (TPSA) is 43.3 Å². The van der Waals surface area contributed by atoms with E-state index in [-0.39, 0.29) is 5.82 Å². The van der Waals surface area contributed by atoms with Crippen LogP contribution in [-0.4, -0.2) is 9.38 Å². The van der Waals surface area contributed by atoms with E-state index in [4.69, 9.17) is 5.73 Å². The molecule has 0 unspecified atom stereocenters. The average Bonchev–Trinajstić information content (AvgIpc) is 2.66. The first-order chi connectivity index (χ1) is 8.65. The molecule has 0 amide bonds. The van der Waals surface area contributed by atoms with Crippen LogP contribution in [0.4, 0.5) is 10.1 Å². The third-order valence-corrected chi connectivity index (χ3v) is 2.93. The van der Waals surface area contributed by atoms with Crippen molar-refractivity contribution in [1.82, 2.24) is 9.38 Å². The number of aryl methyl sites for hydroxylation is 1. The fourth-order valence-electron chi connectivity index (χ4n) is 2.09. The number of pyridine rings is 1. The fourth-order valence-corrected chi connectivity index (χ4v) is 2.09. The molecule has 3 rings (SSSR count). The molecule has 0 aliphatic rings. The summed E-state index contributed by atoms with van der Waals surface area (Å²) >= 11 is 0. The molecule has 0 saturated heterocycles. The summed E-state index contributed by atoms with van der Waals surface area (Å²) in [6, 6.07) is 10.1. The highest BCUT2D eigenvalue weighted by Crippen LogP contribution is 2.24. The van der Waals surface area contributed by atoms with Gasteiger partial charge in [0.05, 0.1) is 11.2 Å². The second kappa shape index (κ2) is 3.84. The third kappa shape index (κ3) is 1.62. The van der Waals surface area contributed by atoms with Crippen LogP contribution in [0.2, 0.25) is 0 Å². The molecule has 0 atom stereocenters. The van der Waals surface area contributed by atoms with Crippen molar-refractivity contribution in [3.63, 3.8) is 0 Å². The summed E-state index contributed by atoms with van der Waals surface area (Å²) in [6.45, 7) is 1.92. The van der Waals surface area contributed by atoms with Gasteiger partial charge in [-0.3, -0.25) is 4.40 Å². The zero-order valence-corrected chi connectivity index (χ0v) is 9.89. The van der Waals surface area contributed by atoms with Crippen LogP contribution in [0.5, 0.6) is 0 Å². The maximum absolute atomic E-state index is 13.3. The van der Waals surface area contributed by atoms with Crippen molar-refractivity contribution in [2.75, 3.05) is 5.73 Å². The van der Waals surface area contributed by atoms with Gasteiger partial charge >= 0.3 is 0 Å². The van der Waals surface area contributed by atoms with Crippen LogP contribution < -0.4 is 5.73 Å². The molecule has 2 aromatic heterocycles. The lowest BCUT2D eigenvalue weighted by Gasteiger charge is -2.02. The predicted molar refractivity (Wildman–Crippen MR) is 69.7 cm³/mol. The minimum absolute atomic E-state index is 0.272. The highest BCUT2D eigenvalue weighted by Gasteiger charge is 2.10. The first-order valence-corrected chi connectivity index (χ1v) is 5.65. The number of nitrogens with two attached hydrogens (primary N) is 1. The maximum atomic E-state index is 13.3. The van der Waals surface area contributed by atoms with E-state index in [9.17, 15) is 4.39 Å². The second-order valence-corrected chi connectivity index (χ2v) is 4.25. The fraction of sp³-hybridized carbons (Fsp3) is 0.0714. The van der Waals surface area contributed by atoms with Crippen molar-refractivity contribution in [3.05, 3.63) is 54.1 Å². The highest BCUT2D eigenvalue weighted by molar-refractivity contribution is 5.67. The molecule has 0 bridgehead atoms. The minimum Gasteiger partial charge on any atom is -0.398 e. The number of fused-ring (bicyclic) bond motifs is 1. The largest absolute Gasteiger partial charge is 0.398 e. The Balaban J connectivity index is 2.32. The number of nitrogen functional groups attached to an aromatic ring is 1. The van der Waals surface area contributed by atoms with Crippen LogP contribution in [0.3, 0.4) is 0 Å². The maximum Gasteiger partial charge on any atom is 0.144 e. The molecule has 90 valence electrons. The second-order valence-electron chi connectivity index (χ2n) is 4.25. The van der Waals surface area contributed by atoms with Gasteiger partial charge in [-0.25, -0.2) is 9.37 Å². The van der Waals surface area contributed by atoms with Crippen molar-refractivity contribution in [1.29, 1.82) is 0 Å². The van der Waals surface area contributed by atoms with Gasteiger partial charge in [0.1, 0.15) is 11.6 Å². The van der Waals surface area contributed by atoms with Crippen LogP contribution in [0.1, 0.15) is 5.69 Å². The number of imidazole rings is 1. The number of hydrogen-bond acceptors (Lipinski definition) is 2. The van der Waals surface area contributed by atoms with Crippen LogP contribution in [0.15, 0.2) is 42.6 Å². The Morgan fingerprint density at radius 3 is 2.83 bits per heavy atom. The summed E-state index contributed by atoms with van der Waals surface area (Å²) in [5.74, 6) is 0.431. The van der Waals surface area contributed by atoms with Gasteiger partial charge in [0.15, 0.2) is 0 Å². The molecular weight excluding hydrogens is 229 g/mol. The molecule has 0 aliphatic heterocycles. The lowest BCUT2D eigenvalue weighted by atomic mass is 10.2. The molecule has 0 radical (unpaired) electrons. The summed E-state index contributed by atoms with van der Waals surface area (Å²) in [7, 11) is 0. The van der Waals surface area contributed by atoms with Crippen LogP contribution in [0.25, 0.3) is 16.9 Å². The zero-order chi connectivity index (χ0) is 12.7. The number of anilines is 1.